The summed E-state index contributed by atoms with van der Waals surface area (Å²) in [5.41, 5.74) is 0. The van der Waals surface area contributed by atoms with Crippen LogP contribution >= 0.6 is 0 Å². The molecule has 1 N–H and O–H groups in total. The fraction of sp³-hybridized carbons (Fsp3) is 1.00. The van der Waals surface area contributed by atoms with Crippen LogP contribution in [0.3, 0.4) is 0 Å². The maximum Gasteiger partial charge on any atom is 0.0529 e. The predicted molar refractivity (Wildman–Crippen MR) is 70.2 cm³/mol. The minimum Gasteiger partial charge on any atom is -0.291 e. The summed E-state index contributed by atoms with van der Waals surface area (Å²) >= 11 is 0. The lowest BCUT2D eigenvalue weighted by Gasteiger charge is -2.36. The van der Waals surface area contributed by atoms with Crippen LogP contribution in [0.1, 0.15) is 52.4 Å². The first-order valence-corrected chi connectivity index (χ1v) is 7.02. The molecule has 0 bridgehead atoms. The zero-order chi connectivity index (χ0) is 11.6. The van der Waals surface area contributed by atoms with Gasteiger partial charge in [0.1, 0.15) is 0 Å². The summed E-state index contributed by atoms with van der Waals surface area (Å²) in [5.74, 6) is 0. The van der Waals surface area contributed by atoms with Gasteiger partial charge in [0.25, 0.3) is 0 Å². The molecule has 1 saturated heterocycles. The van der Waals surface area contributed by atoms with Gasteiger partial charge in [-0.2, -0.15) is 0 Å². The summed E-state index contributed by atoms with van der Waals surface area (Å²) in [4.78, 5) is 5.07. The minimum absolute atomic E-state index is 1.08. The van der Waals surface area contributed by atoms with Crippen molar-refractivity contribution in [2.24, 2.45) is 0 Å². The van der Waals surface area contributed by atoms with Crippen molar-refractivity contribution in [1.29, 1.82) is 0 Å². The summed E-state index contributed by atoms with van der Waals surface area (Å²) in [6.07, 6.45) is 8.07. The van der Waals surface area contributed by atoms with Gasteiger partial charge < -0.3 is 0 Å². The molecule has 0 atom stereocenters. The second-order valence-corrected chi connectivity index (χ2v) is 4.91. The molecule has 0 aromatic rings. The smallest absolute Gasteiger partial charge is 0.0529 e. The third-order valence-electron chi connectivity index (χ3n) is 3.23. The van der Waals surface area contributed by atoms with Gasteiger partial charge in [0.2, 0.25) is 0 Å². The topological polar surface area (TPSA) is 18.5 Å². The second kappa shape index (κ2) is 8.97. The van der Waals surface area contributed by atoms with Crippen LogP contribution in [-0.4, -0.2) is 42.9 Å². The van der Waals surface area contributed by atoms with E-state index < -0.39 is 0 Å². The van der Waals surface area contributed by atoms with Crippen LogP contribution in [-0.2, 0) is 0 Å². The molecule has 1 heterocycles. The van der Waals surface area contributed by atoms with Crippen molar-refractivity contribution in [2.45, 2.75) is 52.4 Å². The fourth-order valence-corrected chi connectivity index (χ4v) is 2.22. The molecule has 3 heteroatoms. The van der Waals surface area contributed by atoms with Crippen molar-refractivity contribution in [2.75, 3.05) is 33.1 Å². The standard InChI is InChI=1S/C13H29N3/c1-3-5-7-9-15-11-14-12-16(13-15)10-8-6-4-2/h14H,3-13H2,1-2H3. The van der Waals surface area contributed by atoms with Gasteiger partial charge in [-0.1, -0.05) is 39.5 Å². The van der Waals surface area contributed by atoms with E-state index in [1.54, 1.807) is 0 Å². The predicted octanol–water partition coefficient (Wildman–Crippen LogP) is 2.45. The highest BCUT2D eigenvalue weighted by molar-refractivity contribution is 4.65. The van der Waals surface area contributed by atoms with Crippen molar-refractivity contribution in [1.82, 2.24) is 15.1 Å². The van der Waals surface area contributed by atoms with E-state index in [-0.39, 0.29) is 0 Å². The Kier molecular flexibility index (Phi) is 7.81. The quantitative estimate of drug-likeness (QED) is 0.643. The lowest BCUT2D eigenvalue weighted by Crippen LogP contribution is -2.53. The van der Waals surface area contributed by atoms with E-state index in [9.17, 15) is 0 Å². The molecule has 3 nitrogen and oxygen atoms in total. The van der Waals surface area contributed by atoms with Crippen molar-refractivity contribution >= 4 is 0 Å². The molecule has 0 aromatic carbocycles. The molecule has 1 fully saturated rings. The number of unbranched alkanes of at least 4 members (excludes halogenated alkanes) is 4. The van der Waals surface area contributed by atoms with Crippen LogP contribution in [0.15, 0.2) is 0 Å². The number of hydrogen-bond donors (Lipinski definition) is 1. The molecular formula is C13H29N3. The number of hydrogen-bond acceptors (Lipinski definition) is 3. The Balaban J connectivity index is 2.09. The Morgan fingerprint density at radius 2 is 1.31 bits per heavy atom. The minimum atomic E-state index is 1.08. The highest BCUT2D eigenvalue weighted by Gasteiger charge is 2.15. The van der Waals surface area contributed by atoms with Gasteiger partial charge >= 0.3 is 0 Å². The van der Waals surface area contributed by atoms with Crippen LogP contribution in [0.2, 0.25) is 0 Å². The molecule has 96 valence electrons. The number of rotatable bonds is 8. The van der Waals surface area contributed by atoms with Gasteiger partial charge in [0.05, 0.1) is 20.0 Å². The normalized spacial score (nSPS) is 19.1. The van der Waals surface area contributed by atoms with Crippen molar-refractivity contribution in [3.05, 3.63) is 0 Å². The first-order chi connectivity index (χ1) is 7.86. The Bertz CT molecular complexity index is 145. The summed E-state index contributed by atoms with van der Waals surface area (Å²) in [6, 6.07) is 0. The molecule has 1 aliphatic heterocycles. The van der Waals surface area contributed by atoms with Crippen molar-refractivity contribution in [3.63, 3.8) is 0 Å². The summed E-state index contributed by atoms with van der Waals surface area (Å²) in [7, 11) is 0. The van der Waals surface area contributed by atoms with E-state index >= 15 is 0 Å². The van der Waals surface area contributed by atoms with E-state index in [0.29, 0.717) is 0 Å². The Labute approximate surface area is 101 Å². The zero-order valence-corrected chi connectivity index (χ0v) is 11.2. The van der Waals surface area contributed by atoms with E-state index in [0.717, 1.165) is 13.3 Å². The highest BCUT2D eigenvalue weighted by Crippen LogP contribution is 2.04. The molecule has 0 aromatic heterocycles. The van der Waals surface area contributed by atoms with E-state index in [2.05, 4.69) is 29.0 Å². The SMILES string of the molecule is CCCCCN1CNCN(CCCCC)C1. The molecule has 1 aliphatic rings. The first kappa shape index (κ1) is 13.9. The van der Waals surface area contributed by atoms with E-state index in [4.69, 9.17) is 0 Å². The summed E-state index contributed by atoms with van der Waals surface area (Å²) in [6.45, 7) is 10.4. The van der Waals surface area contributed by atoms with Crippen LogP contribution in [0, 0.1) is 0 Å². The van der Waals surface area contributed by atoms with Gasteiger partial charge in [-0.3, -0.25) is 15.1 Å². The zero-order valence-electron chi connectivity index (χ0n) is 11.2. The first-order valence-electron chi connectivity index (χ1n) is 7.02. The maximum absolute atomic E-state index is 3.49. The second-order valence-electron chi connectivity index (χ2n) is 4.91. The molecule has 16 heavy (non-hydrogen) atoms. The molecular weight excluding hydrogens is 198 g/mol. The van der Waals surface area contributed by atoms with E-state index in [1.807, 2.05) is 0 Å². The lowest BCUT2D eigenvalue weighted by atomic mass is 10.2. The van der Waals surface area contributed by atoms with Crippen LogP contribution < -0.4 is 5.32 Å². The Morgan fingerprint density at radius 3 is 1.75 bits per heavy atom. The molecule has 0 spiro atoms. The van der Waals surface area contributed by atoms with Gasteiger partial charge in [-0.05, 0) is 12.8 Å². The maximum atomic E-state index is 3.49. The number of nitrogens with zero attached hydrogens (tertiary/aromatic N) is 2. The number of nitrogens with one attached hydrogen (secondary N) is 1. The molecule has 0 aliphatic carbocycles. The molecule has 0 amide bonds. The van der Waals surface area contributed by atoms with Gasteiger partial charge in [0, 0.05) is 13.1 Å². The average Bonchev–Trinajstić information content (AvgIpc) is 2.30. The van der Waals surface area contributed by atoms with Crippen molar-refractivity contribution < 1.29 is 0 Å². The van der Waals surface area contributed by atoms with Crippen LogP contribution in [0.25, 0.3) is 0 Å². The third kappa shape index (κ3) is 5.83. The van der Waals surface area contributed by atoms with E-state index in [1.165, 1.54) is 58.3 Å². The Hall–Kier alpha value is -0.120. The third-order valence-corrected chi connectivity index (χ3v) is 3.23. The summed E-state index contributed by atoms with van der Waals surface area (Å²) in [5, 5.41) is 3.49. The molecule has 0 radical (unpaired) electrons. The summed E-state index contributed by atoms with van der Waals surface area (Å²) < 4.78 is 0. The average molecular weight is 227 g/mol. The van der Waals surface area contributed by atoms with Crippen LogP contribution in [0.4, 0.5) is 0 Å². The van der Waals surface area contributed by atoms with Gasteiger partial charge in [-0.25, -0.2) is 0 Å². The molecule has 1 rings (SSSR count). The van der Waals surface area contributed by atoms with Gasteiger partial charge in [-0.15, -0.1) is 0 Å². The molecule has 0 unspecified atom stereocenters. The Morgan fingerprint density at radius 1 is 0.812 bits per heavy atom. The van der Waals surface area contributed by atoms with Gasteiger partial charge in [0.15, 0.2) is 0 Å². The van der Waals surface area contributed by atoms with Crippen molar-refractivity contribution in [3.8, 4) is 0 Å². The largest absolute Gasteiger partial charge is 0.291 e. The highest BCUT2D eigenvalue weighted by atomic mass is 15.4. The fourth-order valence-electron chi connectivity index (χ4n) is 2.22. The molecule has 0 saturated carbocycles. The van der Waals surface area contributed by atoms with Crippen LogP contribution in [0.5, 0.6) is 0 Å². The lowest BCUT2D eigenvalue weighted by molar-refractivity contribution is 0.0631. The monoisotopic (exact) mass is 227 g/mol.